The van der Waals surface area contributed by atoms with Gasteiger partial charge in [-0.3, -0.25) is 9.59 Å². The maximum Gasteiger partial charge on any atom is 0.255 e. The molecule has 0 bridgehead atoms. The molecule has 116 valence electrons. The maximum absolute atomic E-state index is 12.5. The van der Waals surface area contributed by atoms with Crippen molar-refractivity contribution >= 4 is 11.6 Å². The molecule has 4 heteroatoms. The monoisotopic (exact) mass is 298 g/mol. The molecule has 0 unspecified atom stereocenters. The number of hydrogen-bond donors (Lipinski definition) is 2. The van der Waals surface area contributed by atoms with Gasteiger partial charge >= 0.3 is 0 Å². The van der Waals surface area contributed by atoms with E-state index in [1.165, 1.54) is 12.3 Å². The summed E-state index contributed by atoms with van der Waals surface area (Å²) in [7, 11) is 0. The lowest BCUT2D eigenvalue weighted by Gasteiger charge is -2.20. The zero-order valence-electron chi connectivity index (χ0n) is 13.4. The zero-order chi connectivity index (χ0) is 16.3. The number of aromatic nitrogens is 1. The third kappa shape index (κ3) is 3.45. The summed E-state index contributed by atoms with van der Waals surface area (Å²) in [5.41, 5.74) is 3.14. The average Bonchev–Trinajstić information content (AvgIpc) is 2.46. The van der Waals surface area contributed by atoms with Gasteiger partial charge in [0.15, 0.2) is 0 Å². The molecule has 2 N–H and O–H groups in total. The van der Waals surface area contributed by atoms with Gasteiger partial charge in [-0.1, -0.05) is 45.9 Å². The second-order valence-electron chi connectivity index (χ2n) is 6.02. The van der Waals surface area contributed by atoms with Crippen LogP contribution in [0, 0.1) is 0 Å². The van der Waals surface area contributed by atoms with Gasteiger partial charge in [-0.15, -0.1) is 0 Å². The predicted molar refractivity (Wildman–Crippen MR) is 89.6 cm³/mol. The summed E-state index contributed by atoms with van der Waals surface area (Å²) < 4.78 is 0. The Balaban J connectivity index is 2.43. The molecule has 0 aliphatic heterocycles. The first-order chi connectivity index (χ1) is 10.4. The van der Waals surface area contributed by atoms with Gasteiger partial charge in [-0.2, -0.15) is 0 Å². The summed E-state index contributed by atoms with van der Waals surface area (Å²) in [4.78, 5) is 26.3. The largest absolute Gasteiger partial charge is 0.329 e. The molecule has 22 heavy (non-hydrogen) atoms. The number of aromatic amines is 1. The average molecular weight is 298 g/mol. The van der Waals surface area contributed by atoms with Gasteiger partial charge in [0.1, 0.15) is 0 Å². The van der Waals surface area contributed by atoms with Crippen molar-refractivity contribution in [1.82, 2.24) is 4.98 Å². The van der Waals surface area contributed by atoms with Gasteiger partial charge in [0.25, 0.3) is 5.91 Å². The smallest absolute Gasteiger partial charge is 0.255 e. The van der Waals surface area contributed by atoms with Crippen LogP contribution in [0.5, 0.6) is 0 Å². The van der Waals surface area contributed by atoms with Crippen molar-refractivity contribution < 1.29 is 4.79 Å². The number of anilines is 1. The summed E-state index contributed by atoms with van der Waals surface area (Å²) in [6.45, 7) is 8.40. The molecular formula is C18H22N2O2. The lowest BCUT2D eigenvalue weighted by molar-refractivity contribution is 0.102. The fourth-order valence-electron chi connectivity index (χ4n) is 2.47. The molecular weight excluding hydrogens is 276 g/mol. The molecule has 0 spiro atoms. The fourth-order valence-corrected chi connectivity index (χ4v) is 2.47. The first-order valence-corrected chi connectivity index (χ1v) is 7.53. The minimum atomic E-state index is -0.283. The number of para-hydroxylation sites is 1. The van der Waals surface area contributed by atoms with Gasteiger partial charge < -0.3 is 10.3 Å². The third-order valence-electron chi connectivity index (χ3n) is 3.65. The molecule has 1 aromatic carbocycles. The van der Waals surface area contributed by atoms with Crippen LogP contribution < -0.4 is 10.9 Å². The highest BCUT2D eigenvalue weighted by molar-refractivity contribution is 6.05. The van der Waals surface area contributed by atoms with Gasteiger partial charge in [-0.25, -0.2) is 0 Å². The highest BCUT2D eigenvalue weighted by atomic mass is 16.2. The molecule has 2 aromatic rings. The molecule has 1 heterocycles. The van der Waals surface area contributed by atoms with E-state index in [0.29, 0.717) is 17.4 Å². The Hall–Kier alpha value is -2.36. The number of carbonyl (C=O) groups is 1. The summed E-state index contributed by atoms with van der Waals surface area (Å²) >= 11 is 0. The molecule has 0 saturated carbocycles. The van der Waals surface area contributed by atoms with Crippen molar-refractivity contribution in [2.75, 3.05) is 5.32 Å². The molecule has 1 amide bonds. The quantitative estimate of drug-likeness (QED) is 0.900. The van der Waals surface area contributed by atoms with Gasteiger partial charge in [-0.05, 0) is 29.0 Å². The molecule has 0 radical (unpaired) electrons. The van der Waals surface area contributed by atoms with Crippen molar-refractivity contribution in [3.63, 3.8) is 0 Å². The Morgan fingerprint density at radius 1 is 1.05 bits per heavy atom. The summed E-state index contributed by atoms with van der Waals surface area (Å²) in [6, 6.07) is 8.99. The Kier molecular flexibility index (Phi) is 4.81. The molecule has 0 fully saturated rings. The second-order valence-corrected chi connectivity index (χ2v) is 6.02. The topological polar surface area (TPSA) is 62.0 Å². The Morgan fingerprint density at radius 2 is 1.64 bits per heavy atom. The second kappa shape index (κ2) is 6.60. The molecule has 0 aliphatic carbocycles. The van der Waals surface area contributed by atoms with Crippen LogP contribution in [0.3, 0.4) is 0 Å². The Morgan fingerprint density at radius 3 is 2.14 bits per heavy atom. The van der Waals surface area contributed by atoms with Crippen molar-refractivity contribution in [3.8, 4) is 0 Å². The highest BCUT2D eigenvalue weighted by Gasteiger charge is 2.16. The predicted octanol–water partition coefficient (Wildman–Crippen LogP) is 3.87. The lowest BCUT2D eigenvalue weighted by atomic mass is 9.92. The number of rotatable bonds is 4. The van der Waals surface area contributed by atoms with E-state index >= 15 is 0 Å². The van der Waals surface area contributed by atoms with Crippen LogP contribution in [0.15, 0.2) is 41.3 Å². The van der Waals surface area contributed by atoms with Crippen LogP contribution in [-0.4, -0.2) is 10.9 Å². The van der Waals surface area contributed by atoms with E-state index < -0.39 is 0 Å². The lowest BCUT2D eigenvalue weighted by Crippen LogP contribution is -2.18. The number of carbonyl (C=O) groups excluding carboxylic acids is 1. The van der Waals surface area contributed by atoms with Crippen LogP contribution in [0.4, 0.5) is 5.69 Å². The minimum Gasteiger partial charge on any atom is -0.329 e. The summed E-state index contributed by atoms with van der Waals surface area (Å²) in [6.07, 6.45) is 1.48. The molecule has 0 atom stereocenters. The molecule has 2 rings (SSSR count). The number of H-pyrrole nitrogens is 1. The number of amides is 1. The van der Waals surface area contributed by atoms with E-state index in [1.54, 1.807) is 6.07 Å². The molecule has 0 aliphatic rings. The van der Waals surface area contributed by atoms with Gasteiger partial charge in [0, 0.05) is 23.5 Å². The fraction of sp³-hybridized carbons (Fsp3) is 0.333. The molecule has 4 nitrogen and oxygen atoms in total. The maximum atomic E-state index is 12.5. The van der Waals surface area contributed by atoms with Crippen LogP contribution >= 0.6 is 0 Å². The van der Waals surface area contributed by atoms with E-state index in [9.17, 15) is 9.59 Å². The van der Waals surface area contributed by atoms with E-state index in [4.69, 9.17) is 0 Å². The molecule has 1 aromatic heterocycles. The van der Waals surface area contributed by atoms with Crippen molar-refractivity contribution in [2.24, 2.45) is 0 Å². The van der Waals surface area contributed by atoms with Crippen LogP contribution in [0.25, 0.3) is 0 Å². The van der Waals surface area contributed by atoms with E-state index in [0.717, 1.165) is 16.8 Å². The number of benzene rings is 1. The minimum absolute atomic E-state index is 0.263. The Bertz CT molecular complexity index is 704. The number of pyridine rings is 1. The molecule has 0 saturated heterocycles. The summed E-state index contributed by atoms with van der Waals surface area (Å²) in [5, 5.41) is 2.99. The van der Waals surface area contributed by atoms with Gasteiger partial charge in [0.2, 0.25) is 5.56 Å². The first-order valence-electron chi connectivity index (χ1n) is 7.53. The van der Waals surface area contributed by atoms with Crippen LogP contribution in [-0.2, 0) is 0 Å². The Labute approximate surface area is 130 Å². The van der Waals surface area contributed by atoms with Crippen molar-refractivity contribution in [3.05, 3.63) is 63.6 Å². The number of nitrogens with one attached hydrogen (secondary N) is 2. The van der Waals surface area contributed by atoms with Crippen LogP contribution in [0.2, 0.25) is 0 Å². The highest BCUT2D eigenvalue weighted by Crippen LogP contribution is 2.32. The zero-order valence-corrected chi connectivity index (χ0v) is 13.4. The first kappa shape index (κ1) is 16.0. The number of hydrogen-bond acceptors (Lipinski definition) is 2. The van der Waals surface area contributed by atoms with E-state index in [-0.39, 0.29) is 11.5 Å². The van der Waals surface area contributed by atoms with E-state index in [1.807, 2.05) is 18.2 Å². The van der Waals surface area contributed by atoms with E-state index in [2.05, 4.69) is 38.0 Å². The van der Waals surface area contributed by atoms with Crippen molar-refractivity contribution in [2.45, 2.75) is 39.5 Å². The van der Waals surface area contributed by atoms with Crippen LogP contribution in [0.1, 0.15) is 61.0 Å². The normalized spacial score (nSPS) is 11.0. The van der Waals surface area contributed by atoms with Gasteiger partial charge in [0.05, 0.1) is 0 Å². The standard InChI is InChI=1S/C18H22N2O2/c1-11(2)14-6-5-7-15(12(3)4)17(14)20-18(22)13-8-9-19-16(21)10-13/h5-12H,1-4H3,(H,19,21)(H,20,22). The SMILES string of the molecule is CC(C)c1cccc(C(C)C)c1NC(=O)c1cc[nH]c(=O)c1. The summed E-state index contributed by atoms with van der Waals surface area (Å²) in [5.74, 6) is 0.336. The van der Waals surface area contributed by atoms with Crippen molar-refractivity contribution in [1.29, 1.82) is 0 Å². The third-order valence-corrected chi connectivity index (χ3v) is 3.65.